The Balaban J connectivity index is 2.87. The molecule has 3 N–H and O–H groups in total. The zero-order chi connectivity index (χ0) is 11.4. The molecule has 1 aromatic rings. The summed E-state index contributed by atoms with van der Waals surface area (Å²) in [5.41, 5.74) is 4.24. The van der Waals surface area contributed by atoms with Gasteiger partial charge < -0.3 is 10.5 Å². The number of anilines is 2. The molecule has 0 atom stereocenters. The Bertz CT molecular complexity index is 383. The van der Waals surface area contributed by atoms with E-state index in [1.165, 1.54) is 0 Å². The molecule has 15 heavy (non-hydrogen) atoms. The Morgan fingerprint density at radius 3 is 2.80 bits per heavy atom. The van der Waals surface area contributed by atoms with Crippen molar-refractivity contribution in [1.29, 1.82) is 0 Å². The van der Waals surface area contributed by atoms with Gasteiger partial charge in [0.2, 0.25) is 0 Å². The van der Waals surface area contributed by atoms with Crippen molar-refractivity contribution in [3.63, 3.8) is 0 Å². The third-order valence-corrected chi connectivity index (χ3v) is 1.64. The minimum Gasteiger partial charge on any atom is -0.450 e. The highest BCUT2D eigenvalue weighted by Gasteiger charge is 2.12. The topological polar surface area (TPSA) is 64.3 Å². The summed E-state index contributed by atoms with van der Waals surface area (Å²) >= 11 is 0. The number of rotatable bonds is 2. The smallest absolute Gasteiger partial charge is 0.411 e. The van der Waals surface area contributed by atoms with Crippen LogP contribution in [-0.2, 0) is 4.74 Å². The predicted octanol–water partition coefficient (Wildman–Crippen LogP) is 2.12. The maximum absolute atomic E-state index is 13.2. The number of amides is 1. The largest absolute Gasteiger partial charge is 0.450 e. The van der Waals surface area contributed by atoms with Crippen molar-refractivity contribution in [2.75, 3.05) is 17.7 Å². The zero-order valence-electron chi connectivity index (χ0n) is 8.01. The number of carbonyl (C=O) groups is 1. The molecule has 0 heterocycles. The number of halogens is 2. The lowest BCUT2D eigenvalue weighted by Gasteiger charge is -2.07. The number of carbonyl (C=O) groups excluding carboxylic acids is 1. The van der Waals surface area contributed by atoms with Crippen molar-refractivity contribution in [2.24, 2.45) is 0 Å². The Kier molecular flexibility index (Phi) is 3.43. The summed E-state index contributed by atoms with van der Waals surface area (Å²) in [5.74, 6) is -1.88. The molecule has 0 aliphatic carbocycles. The first-order chi connectivity index (χ1) is 7.06. The average molecular weight is 216 g/mol. The average Bonchev–Trinajstić information content (AvgIpc) is 2.20. The first-order valence-electron chi connectivity index (χ1n) is 4.23. The molecule has 0 spiro atoms. The molecule has 0 fully saturated rings. The van der Waals surface area contributed by atoms with Crippen molar-refractivity contribution < 1.29 is 18.3 Å². The summed E-state index contributed by atoms with van der Waals surface area (Å²) in [6.07, 6.45) is -0.817. The molecule has 1 amide bonds. The normalized spacial score (nSPS) is 9.80. The molecule has 0 unspecified atom stereocenters. The Morgan fingerprint density at radius 1 is 1.53 bits per heavy atom. The first-order valence-corrected chi connectivity index (χ1v) is 4.23. The van der Waals surface area contributed by atoms with Crippen LogP contribution in [0.3, 0.4) is 0 Å². The highest BCUT2D eigenvalue weighted by molar-refractivity contribution is 5.85. The second-order valence-electron chi connectivity index (χ2n) is 2.67. The third kappa shape index (κ3) is 2.55. The van der Waals surface area contributed by atoms with Gasteiger partial charge in [-0.3, -0.25) is 5.32 Å². The minimum atomic E-state index is -1.01. The lowest BCUT2D eigenvalue weighted by molar-refractivity contribution is 0.168. The van der Waals surface area contributed by atoms with Crippen LogP contribution in [0.5, 0.6) is 0 Å². The maximum atomic E-state index is 13.2. The van der Waals surface area contributed by atoms with E-state index in [4.69, 9.17) is 5.73 Å². The van der Waals surface area contributed by atoms with Gasteiger partial charge in [0.25, 0.3) is 0 Å². The molecule has 4 nitrogen and oxygen atoms in total. The van der Waals surface area contributed by atoms with Crippen LogP contribution in [-0.4, -0.2) is 12.7 Å². The van der Waals surface area contributed by atoms with Crippen molar-refractivity contribution in [1.82, 2.24) is 0 Å². The number of hydrogen-bond donors (Lipinski definition) is 2. The van der Waals surface area contributed by atoms with Crippen LogP contribution in [0.15, 0.2) is 12.1 Å². The van der Waals surface area contributed by atoms with E-state index in [2.05, 4.69) is 10.1 Å². The summed E-state index contributed by atoms with van der Waals surface area (Å²) in [4.78, 5) is 10.9. The summed E-state index contributed by atoms with van der Waals surface area (Å²) < 4.78 is 30.5. The van der Waals surface area contributed by atoms with E-state index in [-0.39, 0.29) is 12.3 Å². The van der Waals surface area contributed by atoms with E-state index >= 15 is 0 Å². The van der Waals surface area contributed by atoms with Gasteiger partial charge in [0.1, 0.15) is 11.5 Å². The fourth-order valence-corrected chi connectivity index (χ4v) is 0.943. The zero-order valence-corrected chi connectivity index (χ0v) is 8.01. The molecule has 1 aromatic carbocycles. The molecule has 0 aliphatic heterocycles. The van der Waals surface area contributed by atoms with Gasteiger partial charge in [-0.25, -0.2) is 13.6 Å². The van der Waals surface area contributed by atoms with E-state index in [0.717, 1.165) is 12.1 Å². The molecule has 6 heteroatoms. The van der Waals surface area contributed by atoms with Gasteiger partial charge in [-0.2, -0.15) is 0 Å². The van der Waals surface area contributed by atoms with Crippen LogP contribution >= 0.6 is 0 Å². The fourth-order valence-electron chi connectivity index (χ4n) is 0.943. The number of nitrogens with two attached hydrogens (primary N) is 1. The third-order valence-electron chi connectivity index (χ3n) is 1.64. The number of nitrogens with one attached hydrogen (secondary N) is 1. The second kappa shape index (κ2) is 4.59. The molecule has 0 bridgehead atoms. The number of ether oxygens (including phenoxy) is 1. The fraction of sp³-hybridized carbons (Fsp3) is 0.222. The number of nitrogen functional groups attached to an aromatic ring is 1. The van der Waals surface area contributed by atoms with E-state index in [1.54, 1.807) is 6.92 Å². The number of benzene rings is 1. The molecule has 1 rings (SSSR count). The summed E-state index contributed by atoms with van der Waals surface area (Å²) in [5, 5.41) is 2.10. The molecular formula is C9H10F2N2O2. The lowest BCUT2D eigenvalue weighted by atomic mass is 10.2. The van der Waals surface area contributed by atoms with E-state index < -0.39 is 23.4 Å². The SMILES string of the molecule is CCOC(=O)Nc1ccc(F)c(N)c1F. The molecule has 0 saturated heterocycles. The Hall–Kier alpha value is -1.85. The van der Waals surface area contributed by atoms with E-state index in [1.807, 2.05) is 0 Å². The first kappa shape index (κ1) is 11.2. The molecule has 82 valence electrons. The van der Waals surface area contributed by atoms with Gasteiger partial charge >= 0.3 is 6.09 Å². The lowest BCUT2D eigenvalue weighted by Crippen LogP contribution is -2.15. The van der Waals surface area contributed by atoms with Crippen molar-refractivity contribution >= 4 is 17.5 Å². The summed E-state index contributed by atoms with van der Waals surface area (Å²) in [7, 11) is 0. The standard InChI is InChI=1S/C9H10F2N2O2/c1-2-15-9(14)13-6-4-3-5(10)8(12)7(6)11/h3-4H,2,12H2,1H3,(H,13,14). The molecule has 0 aliphatic rings. The van der Waals surface area contributed by atoms with Crippen molar-refractivity contribution in [3.05, 3.63) is 23.8 Å². The van der Waals surface area contributed by atoms with E-state index in [0.29, 0.717) is 0 Å². The van der Waals surface area contributed by atoms with E-state index in [9.17, 15) is 13.6 Å². The Labute approximate surface area is 85.0 Å². The van der Waals surface area contributed by atoms with Gasteiger partial charge in [0, 0.05) is 0 Å². The summed E-state index contributed by atoms with van der Waals surface area (Å²) in [6.45, 7) is 1.76. The van der Waals surface area contributed by atoms with Crippen LogP contribution in [0.4, 0.5) is 25.0 Å². The highest BCUT2D eigenvalue weighted by Crippen LogP contribution is 2.22. The van der Waals surface area contributed by atoms with Crippen LogP contribution in [0.2, 0.25) is 0 Å². The minimum absolute atomic E-state index is 0.157. The van der Waals surface area contributed by atoms with Crippen molar-refractivity contribution in [3.8, 4) is 0 Å². The van der Waals surface area contributed by atoms with Gasteiger partial charge in [-0.05, 0) is 19.1 Å². The van der Waals surface area contributed by atoms with Crippen LogP contribution in [0, 0.1) is 11.6 Å². The highest BCUT2D eigenvalue weighted by atomic mass is 19.1. The van der Waals surface area contributed by atoms with Gasteiger partial charge in [0.05, 0.1) is 12.3 Å². The van der Waals surface area contributed by atoms with Crippen molar-refractivity contribution in [2.45, 2.75) is 6.92 Å². The summed E-state index contributed by atoms with van der Waals surface area (Å²) in [6, 6.07) is 2.03. The van der Waals surface area contributed by atoms with Crippen LogP contribution < -0.4 is 11.1 Å². The molecule has 0 aromatic heterocycles. The predicted molar refractivity (Wildman–Crippen MR) is 51.4 cm³/mol. The molecular weight excluding hydrogens is 206 g/mol. The van der Waals surface area contributed by atoms with Gasteiger partial charge in [-0.15, -0.1) is 0 Å². The van der Waals surface area contributed by atoms with Crippen LogP contribution in [0.25, 0.3) is 0 Å². The molecule has 0 saturated carbocycles. The second-order valence-corrected chi connectivity index (χ2v) is 2.67. The van der Waals surface area contributed by atoms with Gasteiger partial charge in [0.15, 0.2) is 5.82 Å². The van der Waals surface area contributed by atoms with Gasteiger partial charge in [-0.1, -0.05) is 0 Å². The molecule has 0 radical (unpaired) electrons. The monoisotopic (exact) mass is 216 g/mol. The van der Waals surface area contributed by atoms with Crippen LogP contribution in [0.1, 0.15) is 6.92 Å². The number of hydrogen-bond acceptors (Lipinski definition) is 3. The maximum Gasteiger partial charge on any atom is 0.411 e. The quantitative estimate of drug-likeness (QED) is 0.744. The Morgan fingerprint density at radius 2 is 2.20 bits per heavy atom.